The highest BCUT2D eigenvalue weighted by atomic mass is 16.7. The number of aromatic nitrogens is 2. The van der Waals surface area contributed by atoms with Crippen molar-refractivity contribution < 1.29 is 23.9 Å². The molecule has 1 aliphatic heterocycles. The Morgan fingerprint density at radius 3 is 2.79 bits per heavy atom. The molecule has 0 saturated heterocycles. The molecule has 4 rings (SSSR count). The molecule has 10 heteroatoms. The first kappa shape index (κ1) is 22.7. The Morgan fingerprint density at radius 1 is 1.32 bits per heavy atom. The van der Waals surface area contributed by atoms with Crippen molar-refractivity contribution in [3.8, 4) is 17.5 Å². The standard InChI is InChI=1S/C24H20N4O6/c1-15-22(16(2)27(26-15)20-6-4-3-5-7-20)10-17(11-25)24(29)33-13-19-9-21(28(30)31)8-18-12-32-14-34-23(18)19/h3-10H,12-14H2,1-2H3. The first-order valence-corrected chi connectivity index (χ1v) is 10.3. The van der Waals surface area contributed by atoms with Gasteiger partial charge in [-0.3, -0.25) is 10.1 Å². The Kier molecular flexibility index (Phi) is 6.38. The third kappa shape index (κ3) is 4.51. The lowest BCUT2D eigenvalue weighted by Crippen LogP contribution is -2.15. The number of rotatable bonds is 6. The molecule has 0 fully saturated rings. The van der Waals surface area contributed by atoms with E-state index in [1.807, 2.05) is 43.3 Å². The van der Waals surface area contributed by atoms with Crippen molar-refractivity contribution in [2.24, 2.45) is 0 Å². The molecule has 0 bridgehead atoms. The van der Waals surface area contributed by atoms with Gasteiger partial charge in [-0.15, -0.1) is 0 Å². The van der Waals surface area contributed by atoms with Crippen molar-refractivity contribution in [1.29, 1.82) is 5.26 Å². The Hall–Kier alpha value is -4.49. The van der Waals surface area contributed by atoms with Crippen LogP contribution in [-0.4, -0.2) is 27.5 Å². The summed E-state index contributed by atoms with van der Waals surface area (Å²) in [5.41, 5.74) is 3.30. The van der Waals surface area contributed by atoms with Gasteiger partial charge in [-0.05, 0) is 32.1 Å². The number of nitro benzene ring substituents is 1. The maximum atomic E-state index is 12.7. The summed E-state index contributed by atoms with van der Waals surface area (Å²) >= 11 is 0. The average Bonchev–Trinajstić information content (AvgIpc) is 3.13. The summed E-state index contributed by atoms with van der Waals surface area (Å²) in [5.74, 6) is -0.482. The number of carbonyl (C=O) groups excluding carboxylic acids is 1. The molecule has 2 aromatic carbocycles. The molecular formula is C24H20N4O6. The van der Waals surface area contributed by atoms with Crippen molar-refractivity contribution in [3.05, 3.63) is 86.2 Å². The number of aryl methyl sites for hydroxylation is 1. The van der Waals surface area contributed by atoms with Gasteiger partial charge in [-0.2, -0.15) is 10.4 Å². The molecule has 0 atom stereocenters. The minimum atomic E-state index is -0.860. The van der Waals surface area contributed by atoms with E-state index < -0.39 is 10.9 Å². The van der Waals surface area contributed by atoms with Crippen LogP contribution in [0.15, 0.2) is 48.0 Å². The highest BCUT2D eigenvalue weighted by Gasteiger charge is 2.23. The van der Waals surface area contributed by atoms with E-state index in [2.05, 4.69) is 5.10 Å². The fraction of sp³-hybridized carbons (Fsp3) is 0.208. The second-order valence-electron chi connectivity index (χ2n) is 7.54. The van der Waals surface area contributed by atoms with Gasteiger partial charge in [0.2, 0.25) is 0 Å². The monoisotopic (exact) mass is 460 g/mol. The SMILES string of the molecule is Cc1nn(-c2ccccc2)c(C)c1C=C(C#N)C(=O)OCc1cc([N+](=O)[O-])cc2c1OCOC2. The van der Waals surface area contributed by atoms with Gasteiger partial charge in [0.25, 0.3) is 5.69 Å². The number of para-hydroxylation sites is 1. The van der Waals surface area contributed by atoms with E-state index in [9.17, 15) is 20.2 Å². The van der Waals surface area contributed by atoms with Crippen molar-refractivity contribution >= 4 is 17.7 Å². The Morgan fingerprint density at radius 2 is 2.09 bits per heavy atom. The van der Waals surface area contributed by atoms with Crippen LogP contribution in [0, 0.1) is 35.3 Å². The van der Waals surface area contributed by atoms with E-state index in [4.69, 9.17) is 14.2 Å². The number of hydrogen-bond acceptors (Lipinski definition) is 8. The van der Waals surface area contributed by atoms with E-state index >= 15 is 0 Å². The summed E-state index contributed by atoms with van der Waals surface area (Å²) in [4.78, 5) is 23.4. The summed E-state index contributed by atoms with van der Waals surface area (Å²) in [7, 11) is 0. The van der Waals surface area contributed by atoms with Gasteiger partial charge >= 0.3 is 5.97 Å². The molecule has 0 unspecified atom stereocenters. The number of non-ortho nitro benzene ring substituents is 1. The Bertz CT molecular complexity index is 1340. The summed E-state index contributed by atoms with van der Waals surface area (Å²) in [5, 5.41) is 25.4. The fourth-order valence-electron chi connectivity index (χ4n) is 3.68. The van der Waals surface area contributed by atoms with Gasteiger partial charge in [0.05, 0.1) is 22.9 Å². The van der Waals surface area contributed by atoms with E-state index in [0.717, 1.165) is 11.4 Å². The molecule has 0 amide bonds. The van der Waals surface area contributed by atoms with Crippen molar-refractivity contribution in [2.75, 3.05) is 6.79 Å². The first-order chi connectivity index (χ1) is 16.4. The number of ether oxygens (including phenoxy) is 3. The lowest BCUT2D eigenvalue weighted by molar-refractivity contribution is -0.385. The quantitative estimate of drug-likeness (QED) is 0.178. The fourth-order valence-corrected chi connectivity index (χ4v) is 3.68. The lowest BCUT2D eigenvalue weighted by atomic mass is 10.1. The second kappa shape index (κ2) is 9.56. The van der Waals surface area contributed by atoms with Crippen molar-refractivity contribution in [1.82, 2.24) is 9.78 Å². The van der Waals surface area contributed by atoms with Crippen LogP contribution in [0.2, 0.25) is 0 Å². The zero-order valence-corrected chi connectivity index (χ0v) is 18.5. The number of esters is 1. The number of benzene rings is 2. The van der Waals surface area contributed by atoms with E-state index in [1.165, 1.54) is 18.2 Å². The molecule has 172 valence electrons. The van der Waals surface area contributed by atoms with E-state index in [0.29, 0.717) is 28.1 Å². The van der Waals surface area contributed by atoms with Crippen molar-refractivity contribution in [2.45, 2.75) is 27.1 Å². The zero-order valence-electron chi connectivity index (χ0n) is 18.5. The molecule has 0 spiro atoms. The third-order valence-electron chi connectivity index (χ3n) is 5.32. The number of nitro groups is 1. The molecule has 2 heterocycles. The second-order valence-corrected chi connectivity index (χ2v) is 7.54. The maximum absolute atomic E-state index is 12.7. The number of nitrogens with zero attached hydrogens (tertiary/aromatic N) is 4. The van der Waals surface area contributed by atoms with Gasteiger partial charge in [0.15, 0.2) is 6.79 Å². The Labute approximate surface area is 194 Å². The predicted molar refractivity (Wildman–Crippen MR) is 120 cm³/mol. The smallest absolute Gasteiger partial charge is 0.349 e. The van der Waals surface area contributed by atoms with Crippen LogP contribution >= 0.6 is 0 Å². The van der Waals surface area contributed by atoms with Gasteiger partial charge in [-0.1, -0.05) is 18.2 Å². The van der Waals surface area contributed by atoms with Crippen LogP contribution in [0.4, 0.5) is 5.69 Å². The van der Waals surface area contributed by atoms with Gasteiger partial charge < -0.3 is 14.2 Å². The van der Waals surface area contributed by atoms with Crippen molar-refractivity contribution in [3.63, 3.8) is 0 Å². The summed E-state index contributed by atoms with van der Waals surface area (Å²) < 4.78 is 17.7. The molecular weight excluding hydrogens is 440 g/mol. The van der Waals surface area contributed by atoms with Crippen LogP contribution in [0.25, 0.3) is 11.8 Å². The van der Waals surface area contributed by atoms with Crippen LogP contribution in [0.5, 0.6) is 5.75 Å². The minimum Gasteiger partial charge on any atom is -0.467 e. The van der Waals surface area contributed by atoms with Crippen LogP contribution in [0.1, 0.15) is 28.1 Å². The molecule has 0 N–H and O–H groups in total. The number of carbonyl (C=O) groups is 1. The molecule has 1 aliphatic rings. The van der Waals surface area contributed by atoms with Gasteiger partial charge in [-0.25, -0.2) is 9.48 Å². The Balaban J connectivity index is 1.58. The van der Waals surface area contributed by atoms with Gasteiger partial charge in [0, 0.05) is 34.5 Å². The molecule has 34 heavy (non-hydrogen) atoms. The average molecular weight is 460 g/mol. The number of hydrogen-bond donors (Lipinski definition) is 0. The topological polar surface area (TPSA) is 130 Å². The third-order valence-corrected chi connectivity index (χ3v) is 5.32. The maximum Gasteiger partial charge on any atom is 0.349 e. The molecule has 0 aliphatic carbocycles. The molecule has 0 radical (unpaired) electrons. The van der Waals surface area contributed by atoms with Crippen LogP contribution < -0.4 is 4.74 Å². The van der Waals surface area contributed by atoms with E-state index in [1.54, 1.807) is 11.6 Å². The zero-order chi connectivity index (χ0) is 24.2. The molecule has 3 aromatic rings. The van der Waals surface area contributed by atoms with Crippen LogP contribution in [0.3, 0.4) is 0 Å². The molecule has 0 saturated carbocycles. The largest absolute Gasteiger partial charge is 0.467 e. The number of nitriles is 1. The van der Waals surface area contributed by atoms with E-state index in [-0.39, 0.29) is 31.3 Å². The molecule has 10 nitrogen and oxygen atoms in total. The summed E-state index contributed by atoms with van der Waals surface area (Å²) in [6.07, 6.45) is 1.44. The predicted octanol–water partition coefficient (Wildman–Crippen LogP) is 3.91. The van der Waals surface area contributed by atoms with Crippen LogP contribution in [-0.2, 0) is 27.5 Å². The number of fused-ring (bicyclic) bond motifs is 1. The first-order valence-electron chi connectivity index (χ1n) is 10.3. The summed E-state index contributed by atoms with van der Waals surface area (Å²) in [6, 6.07) is 14.0. The normalized spacial score (nSPS) is 12.9. The highest BCUT2D eigenvalue weighted by Crippen LogP contribution is 2.33. The summed E-state index contributed by atoms with van der Waals surface area (Å²) in [6.45, 7) is 3.45. The lowest BCUT2D eigenvalue weighted by Gasteiger charge is -2.20. The molecule has 1 aromatic heterocycles. The highest BCUT2D eigenvalue weighted by molar-refractivity contribution is 5.98. The van der Waals surface area contributed by atoms with Gasteiger partial charge in [0.1, 0.15) is 24.0 Å². The minimum absolute atomic E-state index is 0.0148.